The van der Waals surface area contributed by atoms with Crippen LogP contribution in [0.3, 0.4) is 0 Å². The van der Waals surface area contributed by atoms with Crippen molar-refractivity contribution in [2.24, 2.45) is 0 Å². The fraction of sp³-hybridized carbons (Fsp3) is 0.0455. The van der Waals surface area contributed by atoms with Gasteiger partial charge < -0.3 is 9.15 Å². The van der Waals surface area contributed by atoms with E-state index < -0.39 is 0 Å². The smallest absolute Gasteiger partial charge is 0.135 e. The summed E-state index contributed by atoms with van der Waals surface area (Å²) in [5.41, 5.74) is 16.3. The maximum Gasteiger partial charge on any atom is 0.135 e. The fourth-order valence-electron chi connectivity index (χ4n) is 6.85. The Morgan fingerprint density at radius 1 is 0.326 bits per heavy atom. The van der Waals surface area contributed by atoms with E-state index in [4.69, 9.17) is 9.15 Å². The Labute approximate surface area is 268 Å². The minimum Gasteiger partial charge on any atom is -0.456 e. The SMILES string of the molecule is c1ccc(-c2cc(-c3ccccc3)cc(-c3ccc4c(c3)-c3ccc(-c5ccc6oc7ccccc7c6c5)cc3COC4)c2)cc1. The highest BCUT2D eigenvalue weighted by Gasteiger charge is 2.18. The summed E-state index contributed by atoms with van der Waals surface area (Å²) in [6, 6.07) is 56.6. The van der Waals surface area contributed by atoms with Crippen molar-refractivity contribution in [3.8, 4) is 55.6 Å². The summed E-state index contributed by atoms with van der Waals surface area (Å²) in [5.74, 6) is 0. The van der Waals surface area contributed by atoms with Crippen LogP contribution in [-0.4, -0.2) is 0 Å². The van der Waals surface area contributed by atoms with E-state index in [9.17, 15) is 0 Å². The number of hydrogen-bond acceptors (Lipinski definition) is 2. The maximum absolute atomic E-state index is 6.24. The van der Waals surface area contributed by atoms with Gasteiger partial charge in [-0.1, -0.05) is 109 Å². The molecule has 0 radical (unpaired) electrons. The number of rotatable bonds is 4. The molecule has 2 nitrogen and oxygen atoms in total. The molecule has 0 unspecified atom stereocenters. The van der Waals surface area contributed by atoms with Crippen molar-refractivity contribution in [3.63, 3.8) is 0 Å². The van der Waals surface area contributed by atoms with Gasteiger partial charge in [0.25, 0.3) is 0 Å². The van der Waals surface area contributed by atoms with E-state index in [2.05, 4.69) is 146 Å². The minimum absolute atomic E-state index is 0.575. The zero-order chi connectivity index (χ0) is 30.5. The third kappa shape index (κ3) is 4.72. The van der Waals surface area contributed by atoms with Crippen molar-refractivity contribution in [3.05, 3.63) is 169 Å². The van der Waals surface area contributed by atoms with Crippen molar-refractivity contribution >= 4 is 21.9 Å². The fourth-order valence-corrected chi connectivity index (χ4v) is 6.85. The van der Waals surface area contributed by atoms with E-state index in [0.717, 1.165) is 21.9 Å². The summed E-state index contributed by atoms with van der Waals surface area (Å²) < 4.78 is 12.3. The molecule has 0 bridgehead atoms. The average molecular weight is 591 g/mol. The maximum atomic E-state index is 6.24. The number of para-hydroxylation sites is 1. The highest BCUT2D eigenvalue weighted by molar-refractivity contribution is 6.06. The molecule has 1 aliphatic rings. The van der Waals surface area contributed by atoms with Crippen molar-refractivity contribution < 1.29 is 9.15 Å². The Bertz CT molecular complexity index is 2320. The number of benzene rings is 7. The van der Waals surface area contributed by atoms with Crippen molar-refractivity contribution in [1.82, 2.24) is 0 Å². The van der Waals surface area contributed by atoms with Gasteiger partial charge in [-0.3, -0.25) is 0 Å². The van der Waals surface area contributed by atoms with E-state index in [1.165, 1.54) is 66.8 Å². The van der Waals surface area contributed by atoms with Crippen LogP contribution in [0.2, 0.25) is 0 Å². The Morgan fingerprint density at radius 3 is 1.65 bits per heavy atom. The highest BCUT2D eigenvalue weighted by atomic mass is 16.5. The highest BCUT2D eigenvalue weighted by Crippen LogP contribution is 2.40. The monoisotopic (exact) mass is 590 g/mol. The molecule has 1 aliphatic heterocycles. The standard InChI is InChI=1S/C44H30O2/c1-3-9-29(10-4-1)35-22-36(30-11-5-2-6-12-30)24-37(23-35)33-15-16-34-27-45-28-38-21-31(17-19-39(38)41(34)25-33)32-18-20-44-42(26-32)40-13-7-8-14-43(40)46-44/h1-26H,27-28H2. The van der Waals surface area contributed by atoms with Gasteiger partial charge >= 0.3 is 0 Å². The van der Waals surface area contributed by atoms with Crippen molar-refractivity contribution in [2.45, 2.75) is 13.2 Å². The van der Waals surface area contributed by atoms with Crippen LogP contribution in [0, 0.1) is 0 Å². The molecule has 46 heavy (non-hydrogen) atoms. The molecule has 7 aromatic carbocycles. The zero-order valence-electron chi connectivity index (χ0n) is 25.2. The molecule has 218 valence electrons. The molecule has 0 spiro atoms. The molecule has 0 aliphatic carbocycles. The van der Waals surface area contributed by atoms with Gasteiger partial charge in [0, 0.05) is 10.8 Å². The Hall–Kier alpha value is -5.70. The lowest BCUT2D eigenvalue weighted by atomic mass is 9.89. The Kier molecular flexibility index (Phi) is 6.40. The van der Waals surface area contributed by atoms with Crippen LogP contribution in [0.5, 0.6) is 0 Å². The topological polar surface area (TPSA) is 22.4 Å². The summed E-state index contributed by atoms with van der Waals surface area (Å²) in [7, 11) is 0. The van der Waals surface area contributed by atoms with E-state index in [-0.39, 0.29) is 0 Å². The predicted octanol–water partition coefficient (Wildman–Crippen LogP) is 12.0. The molecule has 0 saturated heterocycles. The van der Waals surface area contributed by atoms with Gasteiger partial charge in [0.05, 0.1) is 13.2 Å². The van der Waals surface area contributed by atoms with Crippen LogP contribution in [-0.2, 0) is 18.0 Å². The van der Waals surface area contributed by atoms with Crippen LogP contribution in [0.15, 0.2) is 162 Å². The molecular weight excluding hydrogens is 560 g/mol. The third-order valence-electron chi connectivity index (χ3n) is 9.21. The van der Waals surface area contributed by atoms with Crippen LogP contribution >= 0.6 is 0 Å². The van der Waals surface area contributed by atoms with Crippen molar-refractivity contribution in [2.75, 3.05) is 0 Å². The normalized spacial score (nSPS) is 12.5. The van der Waals surface area contributed by atoms with Gasteiger partial charge in [-0.05, 0) is 115 Å². The van der Waals surface area contributed by atoms with Crippen LogP contribution in [0.4, 0.5) is 0 Å². The van der Waals surface area contributed by atoms with Crippen LogP contribution in [0.25, 0.3) is 77.6 Å². The molecule has 8 aromatic rings. The van der Waals surface area contributed by atoms with Crippen molar-refractivity contribution in [1.29, 1.82) is 0 Å². The summed E-state index contributed by atoms with van der Waals surface area (Å²) in [4.78, 5) is 0. The molecule has 0 fully saturated rings. The average Bonchev–Trinajstić information content (AvgIpc) is 3.40. The third-order valence-corrected chi connectivity index (χ3v) is 9.21. The zero-order valence-corrected chi connectivity index (χ0v) is 25.2. The molecule has 2 heteroatoms. The largest absolute Gasteiger partial charge is 0.456 e. The predicted molar refractivity (Wildman–Crippen MR) is 189 cm³/mol. The van der Waals surface area contributed by atoms with Crippen LogP contribution < -0.4 is 0 Å². The Balaban J connectivity index is 1.14. The number of hydrogen-bond donors (Lipinski definition) is 0. The first kappa shape index (κ1) is 26.7. The summed E-state index contributed by atoms with van der Waals surface area (Å²) in [5, 5.41) is 2.28. The molecular formula is C44H30O2. The van der Waals surface area contributed by atoms with Gasteiger partial charge in [0.15, 0.2) is 0 Å². The number of furan rings is 1. The second-order valence-corrected chi connectivity index (χ2v) is 12.1. The van der Waals surface area contributed by atoms with E-state index in [1.54, 1.807) is 0 Å². The van der Waals surface area contributed by atoms with E-state index >= 15 is 0 Å². The van der Waals surface area contributed by atoms with Gasteiger partial charge in [-0.25, -0.2) is 0 Å². The Morgan fingerprint density at radius 2 is 0.891 bits per heavy atom. The molecule has 0 N–H and O–H groups in total. The molecule has 9 rings (SSSR count). The molecule has 2 heterocycles. The lowest BCUT2D eigenvalue weighted by Crippen LogP contribution is -1.92. The molecule has 0 saturated carbocycles. The first-order valence-corrected chi connectivity index (χ1v) is 15.8. The van der Waals surface area contributed by atoms with Gasteiger partial charge in [0.2, 0.25) is 0 Å². The quantitative estimate of drug-likeness (QED) is 0.203. The number of ether oxygens (including phenoxy) is 1. The molecule has 1 aromatic heterocycles. The molecule has 0 amide bonds. The first-order chi connectivity index (χ1) is 22.8. The molecule has 0 atom stereocenters. The minimum atomic E-state index is 0.575. The van der Waals surface area contributed by atoms with Gasteiger partial charge in [-0.2, -0.15) is 0 Å². The number of fused-ring (bicyclic) bond motifs is 6. The lowest BCUT2D eigenvalue weighted by Gasteiger charge is -2.15. The lowest BCUT2D eigenvalue weighted by molar-refractivity contribution is 0.110. The summed E-state index contributed by atoms with van der Waals surface area (Å²) >= 11 is 0. The second kappa shape index (κ2) is 11.0. The van der Waals surface area contributed by atoms with E-state index in [1.807, 2.05) is 12.1 Å². The first-order valence-electron chi connectivity index (χ1n) is 15.8. The van der Waals surface area contributed by atoms with Gasteiger partial charge in [0.1, 0.15) is 11.2 Å². The van der Waals surface area contributed by atoms with Gasteiger partial charge in [-0.15, -0.1) is 0 Å². The summed E-state index contributed by atoms with van der Waals surface area (Å²) in [6.07, 6.45) is 0. The summed E-state index contributed by atoms with van der Waals surface area (Å²) in [6.45, 7) is 1.16. The van der Waals surface area contributed by atoms with Crippen LogP contribution in [0.1, 0.15) is 11.1 Å². The second-order valence-electron chi connectivity index (χ2n) is 12.1. The van der Waals surface area contributed by atoms with E-state index in [0.29, 0.717) is 13.2 Å².